The lowest BCUT2D eigenvalue weighted by atomic mass is 10.0. The zero-order valence-corrected chi connectivity index (χ0v) is 17.0. The van der Waals surface area contributed by atoms with Crippen LogP contribution in [0.15, 0.2) is 88.1 Å². The first-order chi connectivity index (χ1) is 15.3. The highest BCUT2D eigenvalue weighted by Gasteiger charge is 2.39. The highest BCUT2D eigenvalue weighted by molar-refractivity contribution is 6.30. The Hall–Kier alpha value is -3.58. The van der Waals surface area contributed by atoms with Crippen LogP contribution in [-0.4, -0.2) is 5.97 Å². The van der Waals surface area contributed by atoms with Gasteiger partial charge in [-0.2, -0.15) is 13.2 Å². The molecule has 162 valence electrons. The lowest BCUT2D eigenvalue weighted by Crippen LogP contribution is -2.17. The molecule has 0 aliphatic rings. The molecule has 32 heavy (non-hydrogen) atoms. The largest absolute Gasteiger partial charge is 0.450 e. The van der Waals surface area contributed by atoms with E-state index in [2.05, 4.69) is 0 Å². The minimum Gasteiger partial charge on any atom is -0.450 e. The number of benzene rings is 3. The van der Waals surface area contributed by atoms with E-state index in [4.69, 9.17) is 20.8 Å². The van der Waals surface area contributed by atoms with Crippen molar-refractivity contribution < 1.29 is 27.1 Å². The Morgan fingerprint density at radius 1 is 0.938 bits per heavy atom. The van der Waals surface area contributed by atoms with Gasteiger partial charge in [-0.1, -0.05) is 60.7 Å². The van der Waals surface area contributed by atoms with Gasteiger partial charge in [0.1, 0.15) is 11.3 Å². The van der Waals surface area contributed by atoms with Gasteiger partial charge in [-0.25, -0.2) is 4.79 Å². The van der Waals surface area contributed by atoms with Crippen molar-refractivity contribution in [2.45, 2.75) is 11.6 Å². The van der Waals surface area contributed by atoms with Gasteiger partial charge in [0.25, 0.3) is 0 Å². The summed E-state index contributed by atoms with van der Waals surface area (Å²) in [4.78, 5) is 25.3. The Morgan fingerprint density at radius 3 is 2.19 bits per heavy atom. The Balaban J connectivity index is 1.76. The summed E-state index contributed by atoms with van der Waals surface area (Å²) in [6.45, 7) is 0. The molecule has 0 saturated carbocycles. The summed E-state index contributed by atoms with van der Waals surface area (Å²) in [6, 6.07) is 19.5. The molecule has 0 N–H and O–H groups in total. The molecule has 1 atom stereocenters. The third-order valence-corrected chi connectivity index (χ3v) is 5.13. The summed E-state index contributed by atoms with van der Waals surface area (Å²) >= 11 is 6.13. The van der Waals surface area contributed by atoms with Gasteiger partial charge < -0.3 is 9.15 Å². The number of hydrogen-bond acceptors (Lipinski definition) is 4. The summed E-state index contributed by atoms with van der Waals surface area (Å²) in [7, 11) is 0. The first-order valence-electron chi connectivity index (χ1n) is 9.40. The molecular weight excluding hydrogens is 445 g/mol. The van der Waals surface area contributed by atoms with Gasteiger partial charge in [0.15, 0.2) is 5.38 Å². The molecule has 0 aliphatic carbocycles. The molecule has 0 amide bonds. The lowest BCUT2D eigenvalue weighted by Gasteiger charge is -2.14. The van der Waals surface area contributed by atoms with Gasteiger partial charge >= 0.3 is 12.1 Å². The van der Waals surface area contributed by atoms with Crippen molar-refractivity contribution in [3.63, 3.8) is 0 Å². The fraction of sp³-hybridized carbons (Fsp3) is 0.0833. The minimum absolute atomic E-state index is 0.0814. The van der Waals surface area contributed by atoms with E-state index in [-0.39, 0.29) is 22.3 Å². The molecule has 0 saturated heterocycles. The topological polar surface area (TPSA) is 56.5 Å². The molecule has 1 unspecified atom stereocenters. The van der Waals surface area contributed by atoms with Crippen LogP contribution >= 0.6 is 11.6 Å². The maximum Gasteiger partial charge on any atom is 0.450 e. The van der Waals surface area contributed by atoms with Crippen molar-refractivity contribution in [2.75, 3.05) is 0 Å². The Bertz CT molecular complexity index is 1330. The number of alkyl halides is 4. The van der Waals surface area contributed by atoms with Crippen molar-refractivity contribution in [1.29, 1.82) is 0 Å². The quantitative estimate of drug-likeness (QED) is 0.203. The first kappa shape index (κ1) is 21.6. The number of esters is 1. The molecular formula is C24H14ClF3O4. The van der Waals surface area contributed by atoms with E-state index in [0.29, 0.717) is 5.56 Å². The molecule has 0 spiro atoms. The van der Waals surface area contributed by atoms with Gasteiger partial charge in [0.05, 0.1) is 10.9 Å². The van der Waals surface area contributed by atoms with Crippen LogP contribution in [0, 0.1) is 0 Å². The second-order valence-corrected chi connectivity index (χ2v) is 7.29. The normalized spacial score (nSPS) is 12.5. The maximum absolute atomic E-state index is 13.7. The Labute approximate surface area is 184 Å². The number of ether oxygens (including phenoxy) is 1. The van der Waals surface area contributed by atoms with E-state index >= 15 is 0 Å². The van der Waals surface area contributed by atoms with Crippen molar-refractivity contribution in [1.82, 2.24) is 0 Å². The highest BCUT2D eigenvalue weighted by atomic mass is 35.5. The molecule has 4 nitrogen and oxygen atoms in total. The third-order valence-electron chi connectivity index (χ3n) is 4.70. The van der Waals surface area contributed by atoms with E-state index in [9.17, 15) is 22.8 Å². The second-order valence-electron chi connectivity index (χ2n) is 6.85. The third kappa shape index (κ3) is 4.24. The Kier molecular flexibility index (Phi) is 5.76. The molecule has 1 heterocycles. The van der Waals surface area contributed by atoms with Crippen molar-refractivity contribution in [2.24, 2.45) is 0 Å². The lowest BCUT2D eigenvalue weighted by molar-refractivity contribution is -0.152. The number of carbonyl (C=O) groups excluding carboxylic acids is 1. The highest BCUT2D eigenvalue weighted by Crippen LogP contribution is 2.38. The van der Waals surface area contributed by atoms with E-state index in [1.54, 1.807) is 36.4 Å². The molecule has 3 aromatic carbocycles. The summed E-state index contributed by atoms with van der Waals surface area (Å²) in [5, 5.41) is -1.20. The number of fused-ring (bicyclic) bond motifs is 1. The van der Waals surface area contributed by atoms with Crippen LogP contribution in [0.5, 0.6) is 5.75 Å². The predicted octanol–water partition coefficient (Wildman–Crippen LogP) is 6.36. The van der Waals surface area contributed by atoms with Crippen LogP contribution in [0.3, 0.4) is 0 Å². The smallest absolute Gasteiger partial charge is 0.450 e. The fourth-order valence-corrected chi connectivity index (χ4v) is 3.42. The van der Waals surface area contributed by atoms with Crippen molar-refractivity contribution in [3.8, 4) is 16.9 Å². The second kappa shape index (κ2) is 8.51. The fourth-order valence-electron chi connectivity index (χ4n) is 3.23. The number of carbonyl (C=O) groups is 1. The average molecular weight is 459 g/mol. The number of rotatable bonds is 4. The minimum atomic E-state index is -4.92. The molecule has 8 heteroatoms. The van der Waals surface area contributed by atoms with Crippen LogP contribution < -0.4 is 10.2 Å². The summed E-state index contributed by atoms with van der Waals surface area (Å²) in [6.07, 6.45) is -4.92. The maximum atomic E-state index is 13.7. The molecule has 0 radical (unpaired) electrons. The number of hydrogen-bond donors (Lipinski definition) is 0. The number of halogens is 4. The summed E-state index contributed by atoms with van der Waals surface area (Å²) in [5.41, 5.74) is -1.21. The standard InChI is InChI=1S/C24H14ClF3O4/c25-20(15-9-5-2-6-10-15)23(30)31-16-11-12-17-18(13-16)32-22(24(26,27)28)19(21(17)29)14-7-3-1-4-8-14/h1-13,20H. The summed E-state index contributed by atoms with van der Waals surface area (Å²) < 4.78 is 51.4. The van der Waals surface area contributed by atoms with E-state index in [1.807, 2.05) is 0 Å². The molecule has 4 aromatic rings. The first-order valence-corrected chi connectivity index (χ1v) is 9.83. The SMILES string of the molecule is O=C(Oc1ccc2c(=O)c(-c3ccccc3)c(C(F)(F)F)oc2c1)C(Cl)c1ccccc1. The zero-order valence-electron chi connectivity index (χ0n) is 16.2. The van der Waals surface area contributed by atoms with Crippen LogP contribution in [-0.2, 0) is 11.0 Å². The van der Waals surface area contributed by atoms with Crippen LogP contribution in [0.25, 0.3) is 22.1 Å². The van der Waals surface area contributed by atoms with Crippen LogP contribution in [0.1, 0.15) is 16.7 Å². The van der Waals surface area contributed by atoms with E-state index in [0.717, 1.165) is 6.07 Å². The van der Waals surface area contributed by atoms with Crippen LogP contribution in [0.4, 0.5) is 13.2 Å². The van der Waals surface area contributed by atoms with Gasteiger partial charge in [0.2, 0.25) is 11.2 Å². The van der Waals surface area contributed by atoms with Gasteiger partial charge in [-0.3, -0.25) is 4.79 Å². The van der Waals surface area contributed by atoms with Crippen molar-refractivity contribution in [3.05, 3.63) is 100 Å². The summed E-state index contributed by atoms with van der Waals surface area (Å²) in [5.74, 6) is -2.35. The Morgan fingerprint density at radius 2 is 1.56 bits per heavy atom. The molecule has 4 rings (SSSR count). The van der Waals surface area contributed by atoms with Crippen molar-refractivity contribution >= 4 is 28.5 Å². The van der Waals surface area contributed by atoms with Gasteiger partial charge in [-0.15, -0.1) is 11.6 Å². The van der Waals surface area contributed by atoms with Gasteiger partial charge in [-0.05, 0) is 23.3 Å². The van der Waals surface area contributed by atoms with E-state index in [1.165, 1.54) is 36.4 Å². The molecule has 1 aromatic heterocycles. The van der Waals surface area contributed by atoms with Crippen LogP contribution in [0.2, 0.25) is 0 Å². The zero-order chi connectivity index (χ0) is 22.9. The molecule has 0 fully saturated rings. The van der Waals surface area contributed by atoms with E-state index < -0.39 is 34.3 Å². The molecule has 0 bridgehead atoms. The molecule has 0 aliphatic heterocycles. The monoisotopic (exact) mass is 458 g/mol. The van der Waals surface area contributed by atoms with Gasteiger partial charge in [0, 0.05) is 6.07 Å². The predicted molar refractivity (Wildman–Crippen MR) is 114 cm³/mol. The average Bonchev–Trinajstić information content (AvgIpc) is 2.79.